The average molecular weight is 371 g/mol. The van der Waals surface area contributed by atoms with Gasteiger partial charge in [0.2, 0.25) is 5.91 Å². The maximum atomic E-state index is 13.3. The molecule has 1 aliphatic carbocycles. The normalized spacial score (nSPS) is 16.7. The molecule has 0 saturated carbocycles. The van der Waals surface area contributed by atoms with E-state index in [1.165, 1.54) is 11.1 Å². The van der Waals surface area contributed by atoms with E-state index in [1.807, 2.05) is 48.5 Å². The van der Waals surface area contributed by atoms with Crippen molar-refractivity contribution in [3.05, 3.63) is 101 Å². The molecule has 142 valence electrons. The lowest BCUT2D eigenvalue weighted by Gasteiger charge is -2.28. The molecule has 2 atom stereocenters. The van der Waals surface area contributed by atoms with Crippen LogP contribution in [0, 0.1) is 0 Å². The van der Waals surface area contributed by atoms with Gasteiger partial charge in [-0.25, -0.2) is 0 Å². The Hall–Kier alpha value is -3.07. The van der Waals surface area contributed by atoms with Gasteiger partial charge in [-0.3, -0.25) is 4.79 Å². The Morgan fingerprint density at radius 2 is 1.61 bits per heavy atom. The zero-order valence-corrected chi connectivity index (χ0v) is 16.1. The summed E-state index contributed by atoms with van der Waals surface area (Å²) in [6.07, 6.45) is 3.00. The molecular formula is C25H25NO2. The van der Waals surface area contributed by atoms with E-state index in [-0.39, 0.29) is 17.9 Å². The highest BCUT2D eigenvalue weighted by Gasteiger charge is 2.28. The number of methoxy groups -OCH3 is 1. The van der Waals surface area contributed by atoms with Gasteiger partial charge in [-0.1, -0.05) is 66.7 Å². The van der Waals surface area contributed by atoms with Crippen LogP contribution in [-0.2, 0) is 11.2 Å². The predicted molar refractivity (Wildman–Crippen MR) is 112 cm³/mol. The van der Waals surface area contributed by atoms with Crippen LogP contribution in [0.4, 0.5) is 0 Å². The first-order valence-corrected chi connectivity index (χ1v) is 9.83. The van der Waals surface area contributed by atoms with Crippen molar-refractivity contribution in [2.24, 2.45) is 0 Å². The Kier molecular flexibility index (Phi) is 5.43. The topological polar surface area (TPSA) is 38.3 Å². The van der Waals surface area contributed by atoms with Crippen LogP contribution in [0.5, 0.6) is 5.75 Å². The Labute approximate surface area is 166 Å². The summed E-state index contributed by atoms with van der Waals surface area (Å²) in [4.78, 5) is 13.3. The molecule has 3 nitrogen and oxygen atoms in total. The highest BCUT2D eigenvalue weighted by atomic mass is 16.5. The molecule has 0 bridgehead atoms. The summed E-state index contributed by atoms with van der Waals surface area (Å²) in [5.74, 6) is 0.814. The third kappa shape index (κ3) is 3.79. The first kappa shape index (κ1) is 18.3. The van der Waals surface area contributed by atoms with Gasteiger partial charge in [0.15, 0.2) is 0 Å². The summed E-state index contributed by atoms with van der Waals surface area (Å²) >= 11 is 0. The number of benzene rings is 3. The standard InChI is InChI=1S/C25H25NO2/c1-28-21-16-14-20(15-17-21)24(19-9-3-2-4-10-19)26-25(27)23-13-7-11-18-8-5-6-12-22(18)23/h2-6,8-10,12,14-17,23-24H,7,11,13H2,1H3,(H,26,27). The van der Waals surface area contributed by atoms with Gasteiger partial charge in [0.05, 0.1) is 19.1 Å². The quantitative estimate of drug-likeness (QED) is 0.684. The number of hydrogen-bond acceptors (Lipinski definition) is 2. The summed E-state index contributed by atoms with van der Waals surface area (Å²) in [5.41, 5.74) is 4.59. The third-order valence-electron chi connectivity index (χ3n) is 5.55. The molecule has 2 unspecified atom stereocenters. The second kappa shape index (κ2) is 8.30. The number of carbonyl (C=O) groups is 1. The van der Waals surface area contributed by atoms with Gasteiger partial charge in [-0.05, 0) is 53.6 Å². The van der Waals surface area contributed by atoms with Gasteiger partial charge < -0.3 is 10.1 Å². The lowest BCUT2D eigenvalue weighted by molar-refractivity contribution is -0.123. The molecule has 28 heavy (non-hydrogen) atoms. The molecule has 0 aliphatic heterocycles. The minimum Gasteiger partial charge on any atom is -0.497 e. The minimum absolute atomic E-state index is 0.0885. The zero-order valence-electron chi connectivity index (χ0n) is 16.1. The highest BCUT2D eigenvalue weighted by Crippen LogP contribution is 2.33. The van der Waals surface area contributed by atoms with E-state index in [2.05, 4.69) is 35.6 Å². The molecule has 0 spiro atoms. The Bertz CT molecular complexity index is 934. The van der Waals surface area contributed by atoms with Crippen LogP contribution in [-0.4, -0.2) is 13.0 Å². The fraction of sp³-hybridized carbons (Fsp3) is 0.240. The maximum Gasteiger partial charge on any atom is 0.228 e. The summed E-state index contributed by atoms with van der Waals surface area (Å²) < 4.78 is 5.28. The molecule has 3 heteroatoms. The van der Waals surface area contributed by atoms with E-state index in [9.17, 15) is 4.79 Å². The number of carbonyl (C=O) groups excluding carboxylic acids is 1. The molecule has 4 rings (SSSR count). The van der Waals surface area contributed by atoms with Gasteiger partial charge >= 0.3 is 0 Å². The van der Waals surface area contributed by atoms with Crippen molar-refractivity contribution in [2.45, 2.75) is 31.2 Å². The third-order valence-corrected chi connectivity index (χ3v) is 5.55. The Balaban J connectivity index is 1.63. The van der Waals surface area contributed by atoms with Crippen molar-refractivity contribution in [1.82, 2.24) is 5.32 Å². The maximum absolute atomic E-state index is 13.3. The molecular weight excluding hydrogens is 346 g/mol. The van der Waals surface area contributed by atoms with Crippen molar-refractivity contribution in [2.75, 3.05) is 7.11 Å². The first-order chi connectivity index (χ1) is 13.8. The summed E-state index contributed by atoms with van der Waals surface area (Å²) in [7, 11) is 1.66. The number of fused-ring (bicyclic) bond motifs is 1. The van der Waals surface area contributed by atoms with E-state index < -0.39 is 0 Å². The Morgan fingerprint density at radius 3 is 2.36 bits per heavy atom. The smallest absolute Gasteiger partial charge is 0.228 e. The molecule has 3 aromatic rings. The number of aryl methyl sites for hydroxylation is 1. The number of rotatable bonds is 5. The second-order valence-corrected chi connectivity index (χ2v) is 7.27. The molecule has 3 aromatic carbocycles. The fourth-order valence-electron chi connectivity index (χ4n) is 4.07. The van der Waals surface area contributed by atoms with Crippen molar-refractivity contribution in [3.8, 4) is 5.75 Å². The van der Waals surface area contributed by atoms with Crippen LogP contribution < -0.4 is 10.1 Å². The Morgan fingerprint density at radius 1 is 0.929 bits per heavy atom. The summed E-state index contributed by atoms with van der Waals surface area (Å²) in [6, 6.07) is 26.2. The van der Waals surface area contributed by atoms with Crippen molar-refractivity contribution in [3.63, 3.8) is 0 Å². The fourth-order valence-corrected chi connectivity index (χ4v) is 4.07. The van der Waals surface area contributed by atoms with E-state index in [4.69, 9.17) is 4.74 Å². The van der Waals surface area contributed by atoms with E-state index in [0.717, 1.165) is 36.1 Å². The molecule has 1 amide bonds. The number of amides is 1. The SMILES string of the molecule is COc1ccc(C(NC(=O)C2CCCc3ccccc32)c2ccccc2)cc1. The van der Waals surface area contributed by atoms with Crippen LogP contribution >= 0.6 is 0 Å². The second-order valence-electron chi connectivity index (χ2n) is 7.27. The van der Waals surface area contributed by atoms with Crippen molar-refractivity contribution < 1.29 is 9.53 Å². The van der Waals surface area contributed by atoms with Gasteiger partial charge in [0.1, 0.15) is 5.75 Å². The minimum atomic E-state index is -0.186. The zero-order chi connectivity index (χ0) is 19.3. The summed E-state index contributed by atoms with van der Waals surface area (Å²) in [6.45, 7) is 0. The lowest BCUT2D eigenvalue weighted by atomic mass is 9.82. The monoisotopic (exact) mass is 371 g/mol. The molecule has 0 saturated heterocycles. The highest BCUT2D eigenvalue weighted by molar-refractivity contribution is 5.85. The molecule has 1 N–H and O–H groups in total. The summed E-state index contributed by atoms with van der Waals surface area (Å²) in [5, 5.41) is 3.32. The molecule has 1 aliphatic rings. The van der Waals surface area contributed by atoms with Crippen LogP contribution in [0.15, 0.2) is 78.9 Å². The van der Waals surface area contributed by atoms with Gasteiger partial charge in [0, 0.05) is 0 Å². The molecule has 0 aromatic heterocycles. The van der Waals surface area contributed by atoms with Gasteiger partial charge in [-0.2, -0.15) is 0 Å². The lowest BCUT2D eigenvalue weighted by Crippen LogP contribution is -2.35. The van der Waals surface area contributed by atoms with Gasteiger partial charge in [0.25, 0.3) is 0 Å². The van der Waals surface area contributed by atoms with E-state index >= 15 is 0 Å². The van der Waals surface area contributed by atoms with E-state index in [0.29, 0.717) is 0 Å². The van der Waals surface area contributed by atoms with Gasteiger partial charge in [-0.15, -0.1) is 0 Å². The molecule has 0 radical (unpaired) electrons. The first-order valence-electron chi connectivity index (χ1n) is 9.83. The largest absolute Gasteiger partial charge is 0.497 e. The van der Waals surface area contributed by atoms with Crippen LogP contribution in [0.25, 0.3) is 0 Å². The number of hydrogen-bond donors (Lipinski definition) is 1. The van der Waals surface area contributed by atoms with Crippen molar-refractivity contribution in [1.29, 1.82) is 0 Å². The van der Waals surface area contributed by atoms with Crippen LogP contribution in [0.1, 0.15) is 47.1 Å². The molecule has 0 heterocycles. The predicted octanol–water partition coefficient (Wildman–Crippen LogP) is 5.02. The number of nitrogens with one attached hydrogen (secondary N) is 1. The van der Waals surface area contributed by atoms with Crippen LogP contribution in [0.3, 0.4) is 0 Å². The van der Waals surface area contributed by atoms with Crippen LogP contribution in [0.2, 0.25) is 0 Å². The average Bonchev–Trinajstić information content (AvgIpc) is 2.77. The van der Waals surface area contributed by atoms with Crippen molar-refractivity contribution >= 4 is 5.91 Å². The number of ether oxygens (including phenoxy) is 1. The molecule has 0 fully saturated rings. The van der Waals surface area contributed by atoms with E-state index in [1.54, 1.807) is 7.11 Å².